The van der Waals surface area contributed by atoms with Gasteiger partial charge in [0.1, 0.15) is 18.7 Å². The second kappa shape index (κ2) is 8.98. The number of hydrogen-bond donors (Lipinski definition) is 1. The summed E-state index contributed by atoms with van der Waals surface area (Å²) < 4.78 is 12.6. The maximum Gasteiger partial charge on any atom is 0.255 e. The van der Waals surface area contributed by atoms with Gasteiger partial charge in [-0.25, -0.2) is 0 Å². The number of amides is 1. The van der Waals surface area contributed by atoms with Crippen LogP contribution in [0.5, 0.6) is 5.75 Å². The topological polar surface area (TPSA) is 78.3 Å². The van der Waals surface area contributed by atoms with Crippen molar-refractivity contribution < 1.29 is 14.3 Å². The highest BCUT2D eigenvalue weighted by Gasteiger charge is 2.19. The van der Waals surface area contributed by atoms with Crippen molar-refractivity contribution in [1.29, 1.82) is 0 Å². The molecule has 1 atom stereocenters. The van der Waals surface area contributed by atoms with Crippen LogP contribution in [0, 0.1) is 0 Å². The number of hydrogen-bond acceptors (Lipinski definition) is 5. The highest BCUT2D eigenvalue weighted by atomic mass is 16.5. The van der Waals surface area contributed by atoms with Crippen molar-refractivity contribution in [2.75, 3.05) is 20.3 Å². The van der Waals surface area contributed by atoms with Crippen LogP contribution >= 0.6 is 0 Å². The number of rotatable bonds is 9. The largest absolute Gasteiger partial charge is 0.488 e. The summed E-state index contributed by atoms with van der Waals surface area (Å²) in [5.41, 5.74) is 1.35. The van der Waals surface area contributed by atoms with E-state index < -0.39 is 0 Å². The minimum absolute atomic E-state index is 0.230. The smallest absolute Gasteiger partial charge is 0.255 e. The van der Waals surface area contributed by atoms with E-state index in [4.69, 9.17) is 9.47 Å². The van der Waals surface area contributed by atoms with Gasteiger partial charge in [-0.2, -0.15) is 0 Å². The van der Waals surface area contributed by atoms with E-state index in [1.165, 1.54) is 0 Å². The fourth-order valence-corrected chi connectivity index (χ4v) is 2.28. The molecular weight excluding hydrogens is 320 g/mol. The Kier molecular flexibility index (Phi) is 6.71. The van der Waals surface area contributed by atoms with E-state index in [1.54, 1.807) is 31.6 Å². The summed E-state index contributed by atoms with van der Waals surface area (Å²) in [4.78, 5) is 12.6. The Balaban J connectivity index is 2.09. The second-order valence-electron chi connectivity index (χ2n) is 5.81. The maximum absolute atomic E-state index is 12.6. The summed E-state index contributed by atoms with van der Waals surface area (Å²) in [6.45, 7) is 9.08. The molecule has 2 aromatic rings. The third-order valence-electron chi connectivity index (χ3n) is 3.52. The fraction of sp³-hybridized carbons (Fsp3) is 0.389. The van der Waals surface area contributed by atoms with E-state index in [0.717, 1.165) is 5.57 Å². The SMILES string of the molecule is C=C(C)COc1ccccc1C(=O)NC(C)c1nncn1CCOC. The van der Waals surface area contributed by atoms with Crippen molar-refractivity contribution in [3.8, 4) is 5.75 Å². The molecule has 25 heavy (non-hydrogen) atoms. The molecule has 0 fully saturated rings. The minimum atomic E-state index is -0.305. The van der Waals surface area contributed by atoms with Gasteiger partial charge >= 0.3 is 0 Å². The van der Waals surface area contributed by atoms with Gasteiger partial charge in [0.05, 0.1) is 18.2 Å². The van der Waals surface area contributed by atoms with E-state index in [2.05, 4.69) is 22.1 Å². The maximum atomic E-state index is 12.6. The van der Waals surface area contributed by atoms with E-state index in [9.17, 15) is 4.79 Å². The van der Waals surface area contributed by atoms with E-state index in [0.29, 0.717) is 36.9 Å². The molecule has 0 aliphatic rings. The third-order valence-corrected chi connectivity index (χ3v) is 3.52. The molecule has 7 nitrogen and oxygen atoms in total. The Morgan fingerprint density at radius 1 is 1.40 bits per heavy atom. The Morgan fingerprint density at radius 2 is 2.16 bits per heavy atom. The van der Waals surface area contributed by atoms with Crippen molar-refractivity contribution >= 4 is 5.91 Å². The zero-order valence-electron chi connectivity index (χ0n) is 14.9. The number of carbonyl (C=O) groups excluding carboxylic acids is 1. The van der Waals surface area contributed by atoms with Gasteiger partial charge in [0.25, 0.3) is 5.91 Å². The lowest BCUT2D eigenvalue weighted by atomic mass is 10.1. The average Bonchev–Trinajstić information content (AvgIpc) is 3.06. The molecule has 2 rings (SSSR count). The van der Waals surface area contributed by atoms with Crippen molar-refractivity contribution in [2.45, 2.75) is 26.4 Å². The van der Waals surface area contributed by atoms with Crippen LogP contribution in [0.2, 0.25) is 0 Å². The van der Waals surface area contributed by atoms with Gasteiger partial charge in [-0.1, -0.05) is 18.7 Å². The lowest BCUT2D eigenvalue weighted by molar-refractivity contribution is 0.0933. The van der Waals surface area contributed by atoms with Crippen LogP contribution in [0.1, 0.15) is 36.1 Å². The Morgan fingerprint density at radius 3 is 2.88 bits per heavy atom. The van der Waals surface area contributed by atoms with Gasteiger partial charge in [-0.15, -0.1) is 10.2 Å². The van der Waals surface area contributed by atoms with Gasteiger partial charge < -0.3 is 19.4 Å². The molecule has 134 valence electrons. The number of methoxy groups -OCH3 is 1. The van der Waals surface area contributed by atoms with Crippen LogP contribution in [-0.2, 0) is 11.3 Å². The zero-order chi connectivity index (χ0) is 18.2. The van der Waals surface area contributed by atoms with Crippen molar-refractivity contribution in [3.63, 3.8) is 0 Å². The molecule has 1 aromatic carbocycles. The molecule has 1 aromatic heterocycles. The van der Waals surface area contributed by atoms with Crippen LogP contribution in [0.25, 0.3) is 0 Å². The lowest BCUT2D eigenvalue weighted by Crippen LogP contribution is -2.29. The molecule has 1 amide bonds. The summed E-state index contributed by atoms with van der Waals surface area (Å²) >= 11 is 0. The molecule has 1 unspecified atom stereocenters. The first-order chi connectivity index (χ1) is 12.0. The van der Waals surface area contributed by atoms with Gasteiger partial charge in [-0.3, -0.25) is 4.79 Å². The predicted molar refractivity (Wildman–Crippen MR) is 94.5 cm³/mol. The summed E-state index contributed by atoms with van der Waals surface area (Å²) in [5, 5.41) is 10.9. The Hall–Kier alpha value is -2.67. The standard InChI is InChI=1S/C18H24N4O3/c1-13(2)11-25-16-8-6-5-7-15(16)18(23)20-14(3)17-21-19-12-22(17)9-10-24-4/h5-8,12,14H,1,9-11H2,2-4H3,(H,20,23). The molecule has 0 aliphatic carbocycles. The first kappa shape index (κ1) is 18.7. The summed E-state index contributed by atoms with van der Waals surface area (Å²) in [6, 6.07) is 6.82. The van der Waals surface area contributed by atoms with Crippen LogP contribution in [0.15, 0.2) is 42.7 Å². The highest BCUT2D eigenvalue weighted by molar-refractivity contribution is 5.97. The van der Waals surface area contributed by atoms with Gasteiger partial charge in [0.2, 0.25) is 0 Å². The van der Waals surface area contributed by atoms with Crippen molar-refractivity contribution in [1.82, 2.24) is 20.1 Å². The molecule has 0 bridgehead atoms. The first-order valence-electron chi connectivity index (χ1n) is 8.06. The summed E-state index contributed by atoms with van der Waals surface area (Å²) in [7, 11) is 1.64. The fourth-order valence-electron chi connectivity index (χ4n) is 2.28. The van der Waals surface area contributed by atoms with Gasteiger partial charge in [0, 0.05) is 13.7 Å². The predicted octanol–water partition coefficient (Wildman–Crippen LogP) is 2.37. The van der Waals surface area contributed by atoms with Crippen LogP contribution in [0.3, 0.4) is 0 Å². The summed E-state index contributed by atoms with van der Waals surface area (Å²) in [6.07, 6.45) is 1.63. The number of aromatic nitrogens is 3. The minimum Gasteiger partial charge on any atom is -0.488 e. The molecule has 0 radical (unpaired) electrons. The Bertz CT molecular complexity index is 727. The number of ether oxygens (including phenoxy) is 2. The highest BCUT2D eigenvalue weighted by Crippen LogP contribution is 2.20. The quantitative estimate of drug-likeness (QED) is 0.707. The van der Waals surface area contributed by atoms with Gasteiger partial charge in [-0.05, 0) is 31.6 Å². The van der Waals surface area contributed by atoms with Gasteiger partial charge in [0.15, 0.2) is 5.82 Å². The van der Waals surface area contributed by atoms with E-state index >= 15 is 0 Å². The van der Waals surface area contributed by atoms with Crippen LogP contribution in [-0.4, -0.2) is 41.0 Å². The zero-order valence-corrected chi connectivity index (χ0v) is 14.9. The molecule has 7 heteroatoms. The molecule has 1 heterocycles. The van der Waals surface area contributed by atoms with Crippen molar-refractivity contribution in [2.24, 2.45) is 0 Å². The molecule has 1 N–H and O–H groups in total. The molecule has 0 spiro atoms. The molecule has 0 saturated heterocycles. The molecular formula is C18H24N4O3. The summed E-state index contributed by atoms with van der Waals surface area (Å²) in [5.74, 6) is 0.966. The lowest BCUT2D eigenvalue weighted by Gasteiger charge is -2.16. The third kappa shape index (κ3) is 5.15. The Labute approximate surface area is 147 Å². The van der Waals surface area contributed by atoms with Crippen molar-refractivity contribution in [3.05, 3.63) is 54.1 Å². The molecule has 0 aliphatic heterocycles. The number of para-hydroxylation sites is 1. The monoisotopic (exact) mass is 344 g/mol. The molecule has 0 saturated carbocycles. The van der Waals surface area contributed by atoms with E-state index in [-0.39, 0.29) is 11.9 Å². The van der Waals surface area contributed by atoms with Crippen LogP contribution in [0.4, 0.5) is 0 Å². The second-order valence-corrected chi connectivity index (χ2v) is 5.81. The van der Waals surface area contributed by atoms with E-state index in [1.807, 2.05) is 24.5 Å². The number of nitrogens with one attached hydrogen (secondary N) is 1. The normalized spacial score (nSPS) is 11.8. The number of benzene rings is 1. The number of nitrogens with zero attached hydrogens (tertiary/aromatic N) is 3. The first-order valence-corrected chi connectivity index (χ1v) is 8.06. The van der Waals surface area contributed by atoms with Crippen LogP contribution < -0.4 is 10.1 Å². The number of carbonyl (C=O) groups is 1. The average molecular weight is 344 g/mol.